The highest BCUT2D eigenvalue weighted by molar-refractivity contribution is 7.91. The van der Waals surface area contributed by atoms with Gasteiger partial charge in [0, 0.05) is 23.0 Å². The van der Waals surface area contributed by atoms with Gasteiger partial charge in [-0.1, -0.05) is 11.6 Å². The number of rotatable bonds is 7. The molecule has 0 bridgehead atoms. The topological polar surface area (TPSA) is 130 Å². The van der Waals surface area contributed by atoms with Crippen molar-refractivity contribution in [2.75, 3.05) is 23.9 Å². The van der Waals surface area contributed by atoms with Gasteiger partial charge in [-0.15, -0.1) is 0 Å². The quantitative estimate of drug-likeness (QED) is 0.483. The number of sulfonamides is 1. The zero-order valence-corrected chi connectivity index (χ0v) is 18.3. The number of halogens is 1. The van der Waals surface area contributed by atoms with Crippen LogP contribution in [-0.2, 0) is 19.9 Å². The highest BCUT2D eigenvalue weighted by atomic mass is 35.5. The number of aromatic nitrogens is 2. The van der Waals surface area contributed by atoms with E-state index in [1.165, 1.54) is 31.6 Å². The van der Waals surface area contributed by atoms with E-state index in [2.05, 4.69) is 25.3 Å². The first-order chi connectivity index (χ1) is 14.1. The van der Waals surface area contributed by atoms with Crippen molar-refractivity contribution in [2.45, 2.75) is 9.79 Å². The summed E-state index contributed by atoms with van der Waals surface area (Å²) < 4.78 is 50.7. The smallest absolute Gasteiger partial charge is 0.240 e. The molecule has 0 unspecified atom stereocenters. The molecule has 0 spiro atoms. The van der Waals surface area contributed by atoms with Crippen LogP contribution in [0.3, 0.4) is 0 Å². The number of nitrogens with zero attached hydrogens (tertiary/aromatic N) is 2. The second-order valence-electron chi connectivity index (χ2n) is 6.18. The molecule has 158 valence electrons. The van der Waals surface area contributed by atoms with Crippen molar-refractivity contribution in [1.82, 2.24) is 14.7 Å². The summed E-state index contributed by atoms with van der Waals surface area (Å²) in [7, 11) is -6.13. The molecular formula is C18H18ClN5O4S2. The third-order valence-corrected chi connectivity index (χ3v) is 6.79. The molecule has 1 aromatic heterocycles. The Hall–Kier alpha value is -2.73. The van der Waals surface area contributed by atoms with E-state index in [-0.39, 0.29) is 21.3 Å². The van der Waals surface area contributed by atoms with Gasteiger partial charge in [0.1, 0.15) is 18.0 Å². The lowest BCUT2D eigenvalue weighted by Crippen LogP contribution is -2.19. The lowest BCUT2D eigenvalue weighted by Gasteiger charge is -2.13. The first-order valence-corrected chi connectivity index (χ1v) is 12.2. The van der Waals surface area contributed by atoms with E-state index in [0.29, 0.717) is 10.8 Å². The van der Waals surface area contributed by atoms with Gasteiger partial charge in [0.05, 0.1) is 15.5 Å². The van der Waals surface area contributed by atoms with E-state index in [4.69, 9.17) is 11.6 Å². The molecule has 0 amide bonds. The minimum absolute atomic E-state index is 0.0663. The number of anilines is 4. The van der Waals surface area contributed by atoms with Gasteiger partial charge in [0.15, 0.2) is 9.84 Å². The molecule has 0 radical (unpaired) electrons. The normalized spacial score (nSPS) is 11.8. The molecule has 3 rings (SSSR count). The van der Waals surface area contributed by atoms with Gasteiger partial charge in [0.2, 0.25) is 10.0 Å². The standard InChI is InChI=1S/C18H18ClN5O4S2/c1-20-30(27,28)14-7-8-16(29(2,25)26)15(9-14)24-18-10-17(21-11-22-18)23-13-5-3-12(19)4-6-13/h3-11,20H,1-2H3,(H2,21,22,23,24). The van der Waals surface area contributed by atoms with Crippen LogP contribution in [0.25, 0.3) is 0 Å². The van der Waals surface area contributed by atoms with Gasteiger partial charge in [-0.25, -0.2) is 31.5 Å². The second kappa shape index (κ2) is 8.56. The van der Waals surface area contributed by atoms with Crippen molar-refractivity contribution in [3.05, 3.63) is 59.9 Å². The Morgan fingerprint density at radius 1 is 0.867 bits per heavy atom. The van der Waals surface area contributed by atoms with Crippen molar-refractivity contribution in [3.63, 3.8) is 0 Å². The fraction of sp³-hybridized carbons (Fsp3) is 0.111. The van der Waals surface area contributed by atoms with Gasteiger partial charge in [-0.3, -0.25) is 0 Å². The van der Waals surface area contributed by atoms with Crippen LogP contribution in [0, 0.1) is 0 Å². The Bertz CT molecular complexity index is 1280. The van der Waals surface area contributed by atoms with Gasteiger partial charge in [-0.05, 0) is 49.5 Å². The Morgan fingerprint density at radius 3 is 2.10 bits per heavy atom. The largest absolute Gasteiger partial charge is 0.340 e. The predicted molar refractivity (Wildman–Crippen MR) is 116 cm³/mol. The van der Waals surface area contributed by atoms with Gasteiger partial charge >= 0.3 is 0 Å². The van der Waals surface area contributed by atoms with Crippen molar-refractivity contribution < 1.29 is 16.8 Å². The molecule has 0 fully saturated rings. The van der Waals surface area contributed by atoms with Crippen LogP contribution >= 0.6 is 11.6 Å². The van der Waals surface area contributed by atoms with Crippen LogP contribution in [0.15, 0.2) is 64.6 Å². The molecule has 0 aliphatic rings. The summed E-state index contributed by atoms with van der Waals surface area (Å²) in [6, 6.07) is 12.2. The maximum absolute atomic E-state index is 12.1. The van der Waals surface area contributed by atoms with Crippen LogP contribution in [0.4, 0.5) is 23.0 Å². The van der Waals surface area contributed by atoms with E-state index in [1.807, 2.05) is 0 Å². The lowest BCUT2D eigenvalue weighted by molar-refractivity contribution is 0.587. The molecule has 9 nitrogen and oxygen atoms in total. The van der Waals surface area contributed by atoms with Gasteiger partial charge in [0.25, 0.3) is 0 Å². The average molecular weight is 468 g/mol. The Kier molecular flexibility index (Phi) is 6.27. The molecule has 3 N–H and O–H groups in total. The Morgan fingerprint density at radius 2 is 1.50 bits per heavy atom. The van der Waals surface area contributed by atoms with E-state index >= 15 is 0 Å². The molecule has 12 heteroatoms. The number of nitrogens with one attached hydrogen (secondary N) is 3. The van der Waals surface area contributed by atoms with E-state index in [0.717, 1.165) is 11.9 Å². The monoisotopic (exact) mass is 467 g/mol. The molecule has 0 aliphatic heterocycles. The van der Waals surface area contributed by atoms with Crippen LogP contribution in [0.1, 0.15) is 0 Å². The fourth-order valence-electron chi connectivity index (χ4n) is 2.53. The Balaban J connectivity index is 1.96. The number of hydrogen-bond acceptors (Lipinski definition) is 8. The van der Waals surface area contributed by atoms with E-state index < -0.39 is 19.9 Å². The van der Waals surface area contributed by atoms with Crippen molar-refractivity contribution in [2.24, 2.45) is 0 Å². The molecule has 0 aliphatic carbocycles. The van der Waals surface area contributed by atoms with Gasteiger partial charge in [-0.2, -0.15) is 0 Å². The van der Waals surface area contributed by atoms with E-state index in [1.54, 1.807) is 30.3 Å². The van der Waals surface area contributed by atoms with Crippen LogP contribution < -0.4 is 15.4 Å². The van der Waals surface area contributed by atoms with Gasteiger partial charge < -0.3 is 10.6 Å². The summed E-state index contributed by atoms with van der Waals surface area (Å²) in [4.78, 5) is 8.05. The summed E-state index contributed by atoms with van der Waals surface area (Å²) >= 11 is 5.88. The molecule has 0 atom stereocenters. The van der Waals surface area contributed by atoms with E-state index in [9.17, 15) is 16.8 Å². The third kappa shape index (κ3) is 5.25. The predicted octanol–water partition coefficient (Wildman–Crippen LogP) is 2.93. The number of benzene rings is 2. The maximum Gasteiger partial charge on any atom is 0.240 e. The highest BCUT2D eigenvalue weighted by Crippen LogP contribution is 2.28. The number of hydrogen-bond donors (Lipinski definition) is 3. The summed E-state index contributed by atoms with van der Waals surface area (Å²) in [5.41, 5.74) is 0.813. The molecule has 30 heavy (non-hydrogen) atoms. The molecule has 0 saturated carbocycles. The van der Waals surface area contributed by atoms with Crippen LogP contribution in [-0.4, -0.2) is 40.1 Å². The van der Waals surface area contributed by atoms with Crippen molar-refractivity contribution in [3.8, 4) is 0 Å². The first-order valence-electron chi connectivity index (χ1n) is 8.48. The van der Waals surface area contributed by atoms with Crippen LogP contribution in [0.2, 0.25) is 5.02 Å². The molecule has 1 heterocycles. The molecule has 2 aromatic carbocycles. The second-order valence-corrected chi connectivity index (χ2v) is 10.5. The van der Waals surface area contributed by atoms with Crippen LogP contribution in [0.5, 0.6) is 0 Å². The summed E-state index contributed by atoms with van der Waals surface area (Å²) in [5, 5.41) is 6.53. The minimum atomic E-state index is -3.77. The maximum atomic E-state index is 12.1. The molecule has 3 aromatic rings. The molecule has 0 saturated heterocycles. The summed E-state index contributed by atoms with van der Waals surface area (Å²) in [5.74, 6) is 0.708. The summed E-state index contributed by atoms with van der Waals surface area (Å²) in [6.45, 7) is 0. The zero-order valence-electron chi connectivity index (χ0n) is 15.9. The average Bonchev–Trinajstić information content (AvgIpc) is 2.69. The Labute approximate surface area is 179 Å². The first kappa shape index (κ1) is 22.0. The highest BCUT2D eigenvalue weighted by Gasteiger charge is 2.19. The summed E-state index contributed by atoms with van der Waals surface area (Å²) in [6.07, 6.45) is 2.32. The fourth-order valence-corrected chi connectivity index (χ4v) is 4.23. The number of sulfone groups is 1. The van der Waals surface area contributed by atoms with Crippen molar-refractivity contribution in [1.29, 1.82) is 0 Å². The lowest BCUT2D eigenvalue weighted by atomic mass is 10.3. The van der Waals surface area contributed by atoms with Crippen molar-refractivity contribution >= 4 is 54.5 Å². The SMILES string of the molecule is CNS(=O)(=O)c1ccc(S(C)(=O)=O)c(Nc2cc(Nc3ccc(Cl)cc3)ncn2)c1. The minimum Gasteiger partial charge on any atom is -0.340 e. The zero-order chi connectivity index (χ0) is 21.9. The molecular weight excluding hydrogens is 450 g/mol. The third-order valence-electron chi connectivity index (χ3n) is 3.98.